The number of hydroxylamine groups is 2. The highest BCUT2D eigenvalue weighted by Gasteiger charge is 2.19. The number of hydrogen-bond donors (Lipinski definition) is 1. The van der Waals surface area contributed by atoms with Gasteiger partial charge in [0.05, 0.1) is 0 Å². The third kappa shape index (κ3) is 5.31. The second-order valence-corrected chi connectivity index (χ2v) is 3.89. The first-order valence-corrected chi connectivity index (χ1v) is 5.29. The highest BCUT2D eigenvalue weighted by molar-refractivity contribution is 5.90. The minimum atomic E-state index is -1.00. The molecule has 0 spiro atoms. The van der Waals surface area contributed by atoms with Crippen molar-refractivity contribution >= 4 is 11.9 Å². The number of nitrogens with zero attached hydrogens (tertiary/aromatic N) is 1. The van der Waals surface area contributed by atoms with Gasteiger partial charge >= 0.3 is 11.9 Å². The van der Waals surface area contributed by atoms with Crippen LogP contribution in [-0.4, -0.2) is 36.2 Å². The lowest BCUT2D eigenvalue weighted by Crippen LogP contribution is -2.22. The molecule has 17 heavy (non-hydrogen) atoms. The van der Waals surface area contributed by atoms with Crippen molar-refractivity contribution in [3.05, 3.63) is 23.8 Å². The van der Waals surface area contributed by atoms with Crippen molar-refractivity contribution in [1.82, 2.24) is 5.06 Å². The quantitative estimate of drug-likeness (QED) is 0.565. The fourth-order valence-electron chi connectivity index (χ4n) is 1.21. The van der Waals surface area contributed by atoms with Crippen molar-refractivity contribution in [2.45, 2.75) is 20.3 Å². The second-order valence-electron chi connectivity index (χ2n) is 3.89. The summed E-state index contributed by atoms with van der Waals surface area (Å²) in [6.45, 7) is 6.99. The van der Waals surface area contributed by atoms with Gasteiger partial charge in [-0.2, -0.15) is 0 Å². The average Bonchev–Trinajstić information content (AvgIpc) is 2.23. The molecule has 0 aromatic heterocycles. The van der Waals surface area contributed by atoms with Gasteiger partial charge in [-0.15, -0.1) is 5.06 Å². The summed E-state index contributed by atoms with van der Waals surface area (Å²) < 4.78 is 0. The molecule has 0 bridgehead atoms. The Balaban J connectivity index is 4.79. The Morgan fingerprint density at radius 3 is 2.35 bits per heavy atom. The van der Waals surface area contributed by atoms with Crippen molar-refractivity contribution in [3.8, 4) is 0 Å². The van der Waals surface area contributed by atoms with E-state index in [2.05, 4.69) is 6.58 Å². The van der Waals surface area contributed by atoms with Crippen LogP contribution in [0.4, 0.5) is 0 Å². The summed E-state index contributed by atoms with van der Waals surface area (Å²) >= 11 is 0. The van der Waals surface area contributed by atoms with Crippen molar-refractivity contribution in [1.29, 1.82) is 0 Å². The van der Waals surface area contributed by atoms with E-state index in [1.54, 1.807) is 14.1 Å². The third-order valence-corrected chi connectivity index (χ3v) is 2.20. The topological polar surface area (TPSA) is 66.8 Å². The summed E-state index contributed by atoms with van der Waals surface area (Å²) in [5, 5.41) is 10.0. The maximum Gasteiger partial charge on any atom is 0.352 e. The van der Waals surface area contributed by atoms with Gasteiger partial charge in [-0.05, 0) is 13.3 Å². The normalized spacial score (nSPS) is 13.4. The van der Waals surface area contributed by atoms with Crippen LogP contribution in [0.15, 0.2) is 23.8 Å². The number of carbonyl (C=O) groups excluding carboxylic acids is 1. The molecule has 0 saturated heterocycles. The molecular formula is C12H19NO4. The summed E-state index contributed by atoms with van der Waals surface area (Å²) in [7, 11) is 3.18. The van der Waals surface area contributed by atoms with E-state index in [1.165, 1.54) is 18.1 Å². The molecule has 1 atom stereocenters. The average molecular weight is 241 g/mol. The van der Waals surface area contributed by atoms with Crippen LogP contribution >= 0.6 is 0 Å². The Labute approximate surface area is 101 Å². The van der Waals surface area contributed by atoms with Crippen molar-refractivity contribution in [2.75, 3.05) is 14.1 Å². The van der Waals surface area contributed by atoms with E-state index in [-0.39, 0.29) is 17.1 Å². The first-order chi connectivity index (χ1) is 7.79. The molecule has 0 radical (unpaired) electrons. The Morgan fingerprint density at radius 1 is 1.47 bits per heavy atom. The summed E-state index contributed by atoms with van der Waals surface area (Å²) in [4.78, 5) is 27.1. The van der Waals surface area contributed by atoms with E-state index in [1.807, 2.05) is 6.92 Å². The second kappa shape index (κ2) is 6.85. The highest BCUT2D eigenvalue weighted by Crippen LogP contribution is 2.18. The molecule has 0 saturated carbocycles. The molecule has 1 unspecified atom stereocenters. The maximum atomic E-state index is 11.6. The van der Waals surface area contributed by atoms with Gasteiger partial charge in [0.2, 0.25) is 0 Å². The zero-order valence-corrected chi connectivity index (χ0v) is 10.7. The van der Waals surface area contributed by atoms with E-state index in [0.29, 0.717) is 6.42 Å². The van der Waals surface area contributed by atoms with Gasteiger partial charge in [0.25, 0.3) is 0 Å². The van der Waals surface area contributed by atoms with Gasteiger partial charge in [0.1, 0.15) is 0 Å². The first kappa shape index (κ1) is 15.4. The molecule has 0 amide bonds. The third-order valence-electron chi connectivity index (χ3n) is 2.20. The molecule has 5 nitrogen and oxygen atoms in total. The monoisotopic (exact) mass is 241 g/mol. The molecule has 1 N–H and O–H groups in total. The van der Waals surface area contributed by atoms with Crippen LogP contribution in [0.1, 0.15) is 20.3 Å². The summed E-state index contributed by atoms with van der Waals surface area (Å²) in [6, 6.07) is 0. The molecule has 5 heteroatoms. The lowest BCUT2D eigenvalue weighted by Gasteiger charge is -2.16. The SMILES string of the molecule is C=C(C(=O)ON(C)C)C(C=C(C)C(=O)O)CC. The van der Waals surface area contributed by atoms with E-state index in [9.17, 15) is 9.59 Å². The van der Waals surface area contributed by atoms with Gasteiger partial charge in [-0.1, -0.05) is 19.6 Å². The van der Waals surface area contributed by atoms with E-state index < -0.39 is 11.9 Å². The van der Waals surface area contributed by atoms with Gasteiger partial charge in [0.15, 0.2) is 0 Å². The van der Waals surface area contributed by atoms with Crippen LogP contribution in [0.3, 0.4) is 0 Å². The van der Waals surface area contributed by atoms with Crippen LogP contribution in [0.5, 0.6) is 0 Å². The first-order valence-electron chi connectivity index (χ1n) is 5.29. The Hall–Kier alpha value is -1.62. The fraction of sp³-hybridized carbons (Fsp3) is 0.500. The molecule has 0 aromatic rings. The number of aliphatic carboxylic acids is 1. The number of carboxylic acid groups (broad SMARTS) is 1. The number of rotatable bonds is 6. The van der Waals surface area contributed by atoms with Crippen LogP contribution in [-0.2, 0) is 14.4 Å². The molecule has 0 aliphatic rings. The summed E-state index contributed by atoms with van der Waals surface area (Å²) in [5.74, 6) is -1.87. The predicted molar refractivity (Wildman–Crippen MR) is 64.1 cm³/mol. The van der Waals surface area contributed by atoms with Gasteiger partial charge < -0.3 is 9.94 Å². The minimum Gasteiger partial charge on any atom is -0.478 e. The van der Waals surface area contributed by atoms with Crippen LogP contribution in [0.25, 0.3) is 0 Å². The number of hydrogen-bond acceptors (Lipinski definition) is 4. The number of allylic oxidation sites excluding steroid dienone is 1. The predicted octanol–water partition coefficient (Wildman–Crippen LogP) is 1.62. The minimum absolute atomic E-state index is 0.190. The van der Waals surface area contributed by atoms with Crippen molar-refractivity contribution in [3.63, 3.8) is 0 Å². The maximum absolute atomic E-state index is 11.6. The Morgan fingerprint density at radius 2 is 2.00 bits per heavy atom. The van der Waals surface area contributed by atoms with Crippen molar-refractivity contribution < 1.29 is 19.5 Å². The van der Waals surface area contributed by atoms with Crippen LogP contribution in [0.2, 0.25) is 0 Å². The van der Waals surface area contributed by atoms with Gasteiger partial charge in [0, 0.05) is 31.2 Å². The lowest BCUT2D eigenvalue weighted by molar-refractivity contribution is -0.173. The van der Waals surface area contributed by atoms with E-state index in [4.69, 9.17) is 9.94 Å². The number of carbonyl (C=O) groups is 2. The summed E-state index contributed by atoms with van der Waals surface area (Å²) in [5.41, 5.74) is 0.442. The molecule has 0 fully saturated rings. The smallest absolute Gasteiger partial charge is 0.352 e. The Kier molecular flexibility index (Phi) is 6.20. The van der Waals surface area contributed by atoms with Crippen molar-refractivity contribution in [2.24, 2.45) is 5.92 Å². The van der Waals surface area contributed by atoms with Crippen LogP contribution < -0.4 is 0 Å². The van der Waals surface area contributed by atoms with Crippen LogP contribution in [0, 0.1) is 5.92 Å². The zero-order chi connectivity index (χ0) is 13.6. The molecule has 0 rings (SSSR count). The van der Waals surface area contributed by atoms with Gasteiger partial charge in [-0.3, -0.25) is 0 Å². The summed E-state index contributed by atoms with van der Waals surface area (Å²) in [6.07, 6.45) is 2.10. The van der Waals surface area contributed by atoms with E-state index in [0.717, 1.165) is 0 Å². The molecular weight excluding hydrogens is 222 g/mol. The molecule has 0 heterocycles. The standard InChI is InChI=1S/C12H19NO4/c1-6-10(7-8(2)11(14)15)9(3)12(16)17-13(4)5/h7,10H,3,6H2,1-2,4-5H3,(H,14,15). The fourth-order valence-corrected chi connectivity index (χ4v) is 1.21. The van der Waals surface area contributed by atoms with Gasteiger partial charge in [-0.25, -0.2) is 9.59 Å². The zero-order valence-electron chi connectivity index (χ0n) is 10.7. The molecule has 0 aliphatic carbocycles. The highest BCUT2D eigenvalue weighted by atomic mass is 16.7. The molecule has 0 aliphatic heterocycles. The molecule has 0 aromatic carbocycles. The largest absolute Gasteiger partial charge is 0.478 e. The lowest BCUT2D eigenvalue weighted by atomic mass is 9.95. The number of carboxylic acids is 1. The molecule has 96 valence electrons. The van der Waals surface area contributed by atoms with E-state index >= 15 is 0 Å². The Bertz CT molecular complexity index is 344.